The minimum Gasteiger partial charge on any atom is -0.477 e. The first kappa shape index (κ1) is 79.1. The molecule has 0 heterocycles. The van der Waals surface area contributed by atoms with Crippen LogP contribution in [0.4, 0.5) is 0 Å². The van der Waals surface area contributed by atoms with Crippen LogP contribution in [0.3, 0.4) is 0 Å². The number of hydrogen-bond acceptors (Lipinski definition) is 7. The highest BCUT2D eigenvalue weighted by Crippen LogP contribution is 2.13. The highest BCUT2D eigenvalue weighted by Gasteiger charge is 2.25. The molecule has 0 aromatic rings. The van der Waals surface area contributed by atoms with Crippen molar-refractivity contribution >= 4 is 17.9 Å². The summed E-state index contributed by atoms with van der Waals surface area (Å²) in [7, 11) is 5.94. The van der Waals surface area contributed by atoms with Gasteiger partial charge in [0.15, 0.2) is 6.10 Å². The van der Waals surface area contributed by atoms with Gasteiger partial charge in [-0.1, -0.05) is 247 Å². The Labute approximate surface area is 519 Å². The van der Waals surface area contributed by atoms with E-state index >= 15 is 0 Å². The lowest BCUT2D eigenvalue weighted by molar-refractivity contribution is -0.870. The number of likely N-dealkylation sites (N-methyl/N-ethyl adjacent to an activating group) is 1. The van der Waals surface area contributed by atoms with Crippen molar-refractivity contribution in [3.8, 4) is 0 Å². The molecule has 85 heavy (non-hydrogen) atoms. The average molecular weight is 1170 g/mol. The van der Waals surface area contributed by atoms with Gasteiger partial charge in [-0.05, 0) is 141 Å². The summed E-state index contributed by atoms with van der Waals surface area (Å²) in [5.74, 6) is -2.10. The average Bonchev–Trinajstić information content (AvgIpc) is 3.49. The number of nitrogens with zero attached hydrogens (tertiary/aromatic N) is 1. The fourth-order valence-electron chi connectivity index (χ4n) is 7.93. The Morgan fingerprint density at radius 3 is 0.965 bits per heavy atom. The largest absolute Gasteiger partial charge is 0.477 e. The van der Waals surface area contributed by atoms with Crippen LogP contribution in [0, 0.1) is 0 Å². The molecule has 0 saturated heterocycles. The number of carbonyl (C=O) groups excluding carboxylic acids is 2. The summed E-state index contributed by atoms with van der Waals surface area (Å²) in [5, 5.41) is 9.72. The molecule has 0 aliphatic heterocycles. The molecular weight excluding hydrogens is 1050 g/mol. The number of unbranched alkanes of at least 4 members (excludes halogenated alkanes) is 10. The van der Waals surface area contributed by atoms with E-state index in [1.165, 1.54) is 25.7 Å². The van der Waals surface area contributed by atoms with Gasteiger partial charge in [0.2, 0.25) is 0 Å². The Morgan fingerprint density at radius 1 is 0.353 bits per heavy atom. The predicted octanol–water partition coefficient (Wildman–Crippen LogP) is 20.2. The van der Waals surface area contributed by atoms with E-state index in [0.29, 0.717) is 17.4 Å². The van der Waals surface area contributed by atoms with Gasteiger partial charge in [-0.3, -0.25) is 9.59 Å². The number of esters is 2. The minimum atomic E-state index is -1.54. The minimum absolute atomic E-state index is 0.166. The molecule has 0 fully saturated rings. The molecule has 2 unspecified atom stereocenters. The number of carboxylic acids is 1. The molecule has 9 heteroatoms. The van der Waals surface area contributed by atoms with Crippen LogP contribution in [-0.2, 0) is 33.3 Å². The highest BCUT2D eigenvalue weighted by atomic mass is 16.7. The molecule has 474 valence electrons. The van der Waals surface area contributed by atoms with Gasteiger partial charge >= 0.3 is 17.9 Å². The van der Waals surface area contributed by atoms with Crippen LogP contribution in [0.1, 0.15) is 206 Å². The first-order valence-electron chi connectivity index (χ1n) is 32.6. The molecule has 1 N–H and O–H groups in total. The molecule has 9 nitrogen and oxygen atoms in total. The van der Waals surface area contributed by atoms with E-state index in [2.05, 4.69) is 208 Å². The molecular formula is C76H118NO8+. The highest BCUT2D eigenvalue weighted by molar-refractivity contribution is 5.71. The Kier molecular flexibility index (Phi) is 59.7. The van der Waals surface area contributed by atoms with Crippen LogP contribution in [-0.4, -0.2) is 87.4 Å². The van der Waals surface area contributed by atoms with Crippen molar-refractivity contribution < 1.29 is 42.9 Å². The SMILES string of the molecule is CC/C=C\C/C=C\C/C=C\C/C=C\C/C=C\C/C=C\C/C=C\C/C=C\C/C=C\C/C=C\C/C=C\C/C=C\CCCCC(=O)OC(COC(=O)CCCCCCCCCC/C=C\C/C=C\C/C=C\C/C=C\CC)COC(OCC[N+](C)(C)C)C(=O)O. The molecule has 0 bridgehead atoms. The second-order valence-electron chi connectivity index (χ2n) is 22.0. The van der Waals surface area contributed by atoms with Crippen LogP contribution < -0.4 is 0 Å². The maximum absolute atomic E-state index is 12.9. The van der Waals surface area contributed by atoms with Crippen molar-refractivity contribution in [2.75, 3.05) is 47.5 Å². The van der Waals surface area contributed by atoms with E-state index in [-0.39, 0.29) is 38.6 Å². The van der Waals surface area contributed by atoms with Gasteiger partial charge in [-0.25, -0.2) is 4.79 Å². The smallest absolute Gasteiger partial charge is 0.361 e. The molecule has 0 amide bonds. The normalized spacial score (nSPS) is 14.0. The summed E-state index contributed by atoms with van der Waals surface area (Å²) in [4.78, 5) is 37.5. The maximum Gasteiger partial charge on any atom is 0.361 e. The second kappa shape index (κ2) is 64.1. The maximum atomic E-state index is 12.9. The summed E-state index contributed by atoms with van der Waals surface area (Å²) in [6.07, 6.45) is 96.7. The van der Waals surface area contributed by atoms with Crippen LogP contribution >= 0.6 is 0 Å². The Hall–Kier alpha value is -5.87. The van der Waals surface area contributed by atoms with Gasteiger partial charge in [-0.15, -0.1) is 0 Å². The monoisotopic (exact) mass is 1170 g/mol. The van der Waals surface area contributed by atoms with Crippen molar-refractivity contribution in [3.63, 3.8) is 0 Å². The molecule has 0 radical (unpaired) electrons. The van der Waals surface area contributed by atoms with E-state index < -0.39 is 24.3 Å². The lowest BCUT2D eigenvalue weighted by atomic mass is 10.1. The van der Waals surface area contributed by atoms with Gasteiger partial charge < -0.3 is 28.5 Å². The van der Waals surface area contributed by atoms with E-state index in [1.807, 2.05) is 21.1 Å². The van der Waals surface area contributed by atoms with E-state index in [9.17, 15) is 19.5 Å². The Bertz CT molecular complexity index is 2090. The van der Waals surface area contributed by atoms with E-state index in [4.69, 9.17) is 18.9 Å². The van der Waals surface area contributed by atoms with E-state index in [0.717, 1.165) is 148 Å². The molecule has 0 aromatic carbocycles. The lowest BCUT2D eigenvalue weighted by Crippen LogP contribution is -2.40. The van der Waals surface area contributed by atoms with E-state index in [1.54, 1.807) is 0 Å². The van der Waals surface area contributed by atoms with Crippen molar-refractivity contribution in [1.82, 2.24) is 0 Å². The first-order chi connectivity index (χ1) is 41.6. The van der Waals surface area contributed by atoms with Gasteiger partial charge in [0, 0.05) is 12.8 Å². The summed E-state index contributed by atoms with van der Waals surface area (Å²) in [6, 6.07) is 0. The summed E-state index contributed by atoms with van der Waals surface area (Å²) in [5.41, 5.74) is 0. The molecule has 0 aliphatic rings. The molecule has 0 rings (SSSR count). The summed E-state index contributed by atoms with van der Waals surface area (Å²) < 4.78 is 22.8. The van der Waals surface area contributed by atoms with Crippen LogP contribution in [0.25, 0.3) is 0 Å². The summed E-state index contributed by atoms with van der Waals surface area (Å²) >= 11 is 0. The van der Waals surface area contributed by atoms with Gasteiger partial charge in [0.1, 0.15) is 13.2 Å². The van der Waals surface area contributed by atoms with Crippen molar-refractivity contribution in [3.05, 3.63) is 194 Å². The zero-order valence-electron chi connectivity index (χ0n) is 53.9. The Morgan fingerprint density at radius 2 is 0.635 bits per heavy atom. The first-order valence-corrected chi connectivity index (χ1v) is 32.6. The number of aliphatic carboxylic acids is 1. The third kappa shape index (κ3) is 65.5. The Balaban J connectivity index is 4.33. The number of carboxylic acid groups (broad SMARTS) is 1. The zero-order valence-corrected chi connectivity index (χ0v) is 53.9. The lowest BCUT2D eigenvalue weighted by Gasteiger charge is -2.25. The van der Waals surface area contributed by atoms with Gasteiger partial charge in [0.05, 0.1) is 34.4 Å². The fourth-order valence-corrected chi connectivity index (χ4v) is 7.93. The number of hydrogen-bond donors (Lipinski definition) is 1. The number of quaternary nitrogens is 1. The second-order valence-corrected chi connectivity index (χ2v) is 22.0. The number of allylic oxidation sites excluding steroid dienone is 32. The van der Waals surface area contributed by atoms with Gasteiger partial charge in [0.25, 0.3) is 6.29 Å². The quantitative estimate of drug-likeness (QED) is 0.0211. The number of rotatable bonds is 57. The summed E-state index contributed by atoms with van der Waals surface area (Å²) in [6.45, 7) is 4.56. The molecule has 0 saturated carbocycles. The van der Waals surface area contributed by atoms with Crippen molar-refractivity contribution in [2.24, 2.45) is 0 Å². The predicted molar refractivity (Wildman–Crippen MR) is 363 cm³/mol. The molecule has 0 spiro atoms. The van der Waals surface area contributed by atoms with Crippen LogP contribution in [0.5, 0.6) is 0 Å². The third-order valence-corrected chi connectivity index (χ3v) is 12.8. The number of ether oxygens (including phenoxy) is 4. The fraction of sp³-hybridized carbons (Fsp3) is 0.539. The van der Waals surface area contributed by atoms with Crippen molar-refractivity contribution in [2.45, 2.75) is 219 Å². The van der Waals surface area contributed by atoms with Crippen LogP contribution in [0.2, 0.25) is 0 Å². The third-order valence-electron chi connectivity index (χ3n) is 12.8. The topological polar surface area (TPSA) is 108 Å². The van der Waals surface area contributed by atoms with Crippen molar-refractivity contribution in [1.29, 1.82) is 0 Å². The number of carbonyl (C=O) groups is 3. The standard InChI is InChI=1S/C76H117NO8/c1-6-8-10-12-14-16-18-20-22-24-26-28-29-30-31-32-33-34-35-36-37-38-39-40-41-42-43-44-45-47-49-51-53-55-57-59-61-63-65-67-74(79)85-72(71-84-76(75(80)81)82-69-68-77(3,4)5)70-83-73(78)66-64-62-60-58-56-54-52-50-48-46-27-25-23-21-19-17-15-13-11-9-7-2/h8-11,14-17,20-23,26-28,30-31,33-34,36-37,39-40,42-43,45-47,51,53,57,59,72,76H,6-7,12-13,18-19,24-25,29,32,35,38,41,44,48-50,52,54-56,58,60-71H2,1-5H3/p+1/b10-8-,11-9-,16-14-,17-15-,22-20-,23-21-,28-26-,31-30-,34-33-,37-36-,40-39-,43-42-,46-27-,47-45-,53-51-,59-57-. The molecule has 0 aromatic heterocycles. The van der Waals surface area contributed by atoms with Crippen LogP contribution in [0.15, 0.2) is 194 Å². The molecule has 2 atom stereocenters. The van der Waals surface area contributed by atoms with Gasteiger partial charge in [-0.2, -0.15) is 0 Å². The zero-order chi connectivity index (χ0) is 61.9. The molecule has 0 aliphatic carbocycles.